The van der Waals surface area contributed by atoms with Crippen LogP contribution in [0.25, 0.3) is 11.3 Å². The molecule has 0 bridgehead atoms. The number of aryl methyl sites for hydroxylation is 1. The summed E-state index contributed by atoms with van der Waals surface area (Å²) in [5, 5.41) is 7.32. The number of methoxy groups -OCH3 is 1. The van der Waals surface area contributed by atoms with Gasteiger partial charge in [0.25, 0.3) is 0 Å². The molecule has 1 saturated heterocycles. The number of aromatic nitrogens is 1. The standard InChI is InChI=1S/C22H29N3O3/c1-14-4-6-16(7-5-14)20-10-19(28-24-20)13-25-11-17-8-21(23-15(2)26)22(27-3)9-18(17)12-25/h4-7,10,17-18,21-22H,8-9,11-13H2,1-3H3,(H,23,26)/t17-,18+,21-,22-/m1/s1. The zero-order valence-corrected chi connectivity index (χ0v) is 16.9. The van der Waals surface area contributed by atoms with E-state index in [1.54, 1.807) is 14.0 Å². The van der Waals surface area contributed by atoms with E-state index in [0.717, 1.165) is 49.5 Å². The molecule has 2 aromatic rings. The Bertz CT molecular complexity index is 817. The van der Waals surface area contributed by atoms with Gasteiger partial charge in [0.15, 0.2) is 5.76 Å². The van der Waals surface area contributed by atoms with Gasteiger partial charge in [0.05, 0.1) is 18.7 Å². The molecule has 4 rings (SSSR count). The predicted molar refractivity (Wildman–Crippen MR) is 107 cm³/mol. The van der Waals surface area contributed by atoms with Crippen LogP contribution in [0, 0.1) is 18.8 Å². The zero-order chi connectivity index (χ0) is 19.7. The van der Waals surface area contributed by atoms with Gasteiger partial charge in [0.2, 0.25) is 5.91 Å². The van der Waals surface area contributed by atoms with Crippen molar-refractivity contribution >= 4 is 5.91 Å². The highest BCUT2D eigenvalue weighted by molar-refractivity contribution is 5.73. The molecule has 6 heteroatoms. The minimum Gasteiger partial charge on any atom is -0.379 e. The second-order valence-corrected chi connectivity index (χ2v) is 8.31. The number of fused-ring (bicyclic) bond motifs is 1. The van der Waals surface area contributed by atoms with Crippen molar-refractivity contribution in [2.24, 2.45) is 11.8 Å². The van der Waals surface area contributed by atoms with E-state index in [1.165, 1.54) is 5.56 Å². The van der Waals surface area contributed by atoms with Crippen LogP contribution in [0.4, 0.5) is 0 Å². The van der Waals surface area contributed by atoms with Gasteiger partial charge in [-0.1, -0.05) is 35.0 Å². The molecule has 2 fully saturated rings. The Morgan fingerprint density at radius 2 is 1.96 bits per heavy atom. The molecule has 1 N–H and O–H groups in total. The number of rotatable bonds is 5. The number of hydrogen-bond acceptors (Lipinski definition) is 5. The van der Waals surface area contributed by atoms with Crippen molar-refractivity contribution in [3.8, 4) is 11.3 Å². The number of nitrogens with one attached hydrogen (secondary N) is 1. The Hall–Kier alpha value is -2.18. The maximum Gasteiger partial charge on any atom is 0.217 e. The first-order valence-corrected chi connectivity index (χ1v) is 10.1. The molecule has 2 aliphatic rings. The minimum atomic E-state index is 0.0191. The lowest BCUT2D eigenvalue weighted by Crippen LogP contribution is -2.49. The largest absolute Gasteiger partial charge is 0.379 e. The van der Waals surface area contributed by atoms with E-state index in [0.29, 0.717) is 11.8 Å². The number of ether oxygens (including phenoxy) is 1. The van der Waals surface area contributed by atoms with E-state index in [9.17, 15) is 4.79 Å². The van der Waals surface area contributed by atoms with Crippen LogP contribution in [0.1, 0.15) is 31.1 Å². The quantitative estimate of drug-likeness (QED) is 0.860. The van der Waals surface area contributed by atoms with Crippen LogP contribution in [0.2, 0.25) is 0 Å². The van der Waals surface area contributed by atoms with Gasteiger partial charge < -0.3 is 14.6 Å². The van der Waals surface area contributed by atoms with Gasteiger partial charge in [-0.15, -0.1) is 0 Å². The number of benzene rings is 1. The molecule has 4 atom stereocenters. The van der Waals surface area contributed by atoms with Crippen molar-refractivity contribution in [3.63, 3.8) is 0 Å². The van der Waals surface area contributed by atoms with E-state index in [1.807, 2.05) is 6.07 Å². The van der Waals surface area contributed by atoms with Gasteiger partial charge >= 0.3 is 0 Å². The SMILES string of the molecule is CO[C@@H]1C[C@H]2CN(Cc3cc(-c4ccc(C)cc4)no3)C[C@H]2C[C@H]1NC(C)=O. The molecule has 1 aromatic carbocycles. The fraction of sp³-hybridized carbons (Fsp3) is 0.545. The number of likely N-dealkylation sites (tertiary alicyclic amines) is 1. The van der Waals surface area contributed by atoms with E-state index in [2.05, 4.69) is 46.6 Å². The van der Waals surface area contributed by atoms with Gasteiger partial charge in [-0.3, -0.25) is 9.69 Å². The number of carbonyl (C=O) groups excluding carboxylic acids is 1. The van der Waals surface area contributed by atoms with Crippen LogP contribution >= 0.6 is 0 Å². The zero-order valence-electron chi connectivity index (χ0n) is 16.9. The number of carbonyl (C=O) groups is 1. The van der Waals surface area contributed by atoms with Gasteiger partial charge in [-0.25, -0.2) is 0 Å². The summed E-state index contributed by atoms with van der Waals surface area (Å²) in [4.78, 5) is 14.0. The summed E-state index contributed by atoms with van der Waals surface area (Å²) in [7, 11) is 1.74. The average Bonchev–Trinajstić information content (AvgIpc) is 3.27. The van der Waals surface area contributed by atoms with Crippen molar-refractivity contribution in [2.75, 3.05) is 20.2 Å². The van der Waals surface area contributed by atoms with Gasteiger partial charge in [-0.2, -0.15) is 0 Å². The van der Waals surface area contributed by atoms with Crippen molar-refractivity contribution < 1.29 is 14.1 Å². The first-order chi connectivity index (χ1) is 13.5. The third-order valence-electron chi connectivity index (χ3n) is 6.17. The average molecular weight is 383 g/mol. The number of nitrogens with zero attached hydrogens (tertiary/aromatic N) is 2. The molecule has 150 valence electrons. The molecule has 2 heterocycles. The molecule has 1 saturated carbocycles. The third kappa shape index (κ3) is 4.13. The highest BCUT2D eigenvalue weighted by Gasteiger charge is 2.42. The lowest BCUT2D eigenvalue weighted by molar-refractivity contribution is -0.121. The molecule has 0 spiro atoms. The van der Waals surface area contributed by atoms with E-state index in [-0.39, 0.29) is 18.1 Å². The van der Waals surface area contributed by atoms with Gasteiger partial charge in [0, 0.05) is 38.8 Å². The fourth-order valence-electron chi connectivity index (χ4n) is 4.78. The normalized spacial score (nSPS) is 27.5. The predicted octanol–water partition coefficient (Wildman–Crippen LogP) is 3.01. The van der Waals surface area contributed by atoms with Crippen molar-refractivity contribution in [1.82, 2.24) is 15.4 Å². The summed E-state index contributed by atoms with van der Waals surface area (Å²) in [6.45, 7) is 6.49. The highest BCUT2D eigenvalue weighted by Crippen LogP contribution is 2.38. The summed E-state index contributed by atoms with van der Waals surface area (Å²) in [5.41, 5.74) is 3.20. The summed E-state index contributed by atoms with van der Waals surface area (Å²) in [6.07, 6.45) is 2.07. The molecule has 1 aliphatic heterocycles. The molecule has 0 unspecified atom stereocenters. The minimum absolute atomic E-state index is 0.0191. The molecule has 0 radical (unpaired) electrons. The van der Waals surface area contributed by atoms with Gasteiger partial charge in [-0.05, 0) is 31.6 Å². The molecular weight excluding hydrogens is 354 g/mol. The Morgan fingerprint density at radius 3 is 2.64 bits per heavy atom. The number of amides is 1. The van der Waals surface area contributed by atoms with Crippen molar-refractivity contribution in [2.45, 2.75) is 45.4 Å². The fourth-order valence-corrected chi connectivity index (χ4v) is 4.78. The summed E-state index contributed by atoms with van der Waals surface area (Å²) < 4.78 is 11.3. The van der Waals surface area contributed by atoms with Gasteiger partial charge in [0.1, 0.15) is 5.69 Å². The van der Waals surface area contributed by atoms with Crippen molar-refractivity contribution in [1.29, 1.82) is 0 Å². The molecule has 1 aromatic heterocycles. The van der Waals surface area contributed by atoms with Crippen LogP contribution in [0.15, 0.2) is 34.9 Å². The van der Waals surface area contributed by atoms with Crippen LogP contribution in [0.3, 0.4) is 0 Å². The summed E-state index contributed by atoms with van der Waals surface area (Å²) in [6, 6.07) is 10.5. The smallest absolute Gasteiger partial charge is 0.217 e. The Morgan fingerprint density at radius 1 is 1.25 bits per heavy atom. The van der Waals surface area contributed by atoms with Crippen LogP contribution in [-0.2, 0) is 16.1 Å². The second kappa shape index (κ2) is 8.05. The Labute approximate surface area is 166 Å². The van der Waals surface area contributed by atoms with E-state index < -0.39 is 0 Å². The van der Waals surface area contributed by atoms with Crippen LogP contribution < -0.4 is 5.32 Å². The Kier molecular flexibility index (Phi) is 5.51. The molecule has 1 amide bonds. The lowest BCUT2D eigenvalue weighted by atomic mass is 9.77. The second-order valence-electron chi connectivity index (χ2n) is 8.31. The maximum atomic E-state index is 11.5. The van der Waals surface area contributed by atoms with Crippen molar-refractivity contribution in [3.05, 3.63) is 41.7 Å². The maximum absolute atomic E-state index is 11.5. The molecule has 1 aliphatic carbocycles. The summed E-state index contributed by atoms with van der Waals surface area (Å²) in [5.74, 6) is 2.11. The topological polar surface area (TPSA) is 67.6 Å². The highest BCUT2D eigenvalue weighted by atomic mass is 16.5. The molecular formula is C22H29N3O3. The lowest BCUT2D eigenvalue weighted by Gasteiger charge is -2.37. The first-order valence-electron chi connectivity index (χ1n) is 10.1. The Balaban J connectivity index is 1.38. The number of hydrogen-bond donors (Lipinski definition) is 1. The van der Waals surface area contributed by atoms with E-state index >= 15 is 0 Å². The monoisotopic (exact) mass is 383 g/mol. The third-order valence-corrected chi connectivity index (χ3v) is 6.17. The van der Waals surface area contributed by atoms with E-state index in [4.69, 9.17) is 9.26 Å². The van der Waals surface area contributed by atoms with Crippen LogP contribution in [-0.4, -0.2) is 48.3 Å². The first kappa shape index (κ1) is 19.2. The summed E-state index contributed by atoms with van der Waals surface area (Å²) >= 11 is 0. The molecule has 28 heavy (non-hydrogen) atoms. The van der Waals surface area contributed by atoms with Crippen LogP contribution in [0.5, 0.6) is 0 Å². The molecule has 6 nitrogen and oxygen atoms in total.